The van der Waals surface area contributed by atoms with Crippen LogP contribution in [0, 0.1) is 0 Å². The minimum atomic E-state index is -0.239. The molecule has 27 heavy (non-hydrogen) atoms. The number of methoxy groups -OCH3 is 1. The zero-order chi connectivity index (χ0) is 19.2. The fraction of sp³-hybridized carbons (Fsp3) is 0.474. The fourth-order valence-corrected chi connectivity index (χ4v) is 3.12. The number of esters is 1. The van der Waals surface area contributed by atoms with Gasteiger partial charge in [0.05, 0.1) is 32.6 Å². The molecule has 7 nitrogen and oxygen atoms in total. The standard InChI is InChI=1S/C19H24ClN3O4/c1-22-15(7-9-26-16-5-3-14(20)4-6-16)11-17(21-22)18-12-23(8-10-27-18)13-19(24)25-2/h3-6,11,18H,7-10,12-13H2,1-2H3. The SMILES string of the molecule is COC(=O)CN1CCOC(c2cc(CCOc3ccc(Cl)cc3)n(C)n2)C1. The van der Waals surface area contributed by atoms with Gasteiger partial charge in [-0.05, 0) is 30.3 Å². The molecule has 1 fully saturated rings. The second-order valence-electron chi connectivity index (χ2n) is 6.41. The van der Waals surface area contributed by atoms with E-state index in [-0.39, 0.29) is 18.6 Å². The Bertz CT molecular complexity index is 763. The average molecular weight is 394 g/mol. The lowest BCUT2D eigenvalue weighted by Gasteiger charge is -2.31. The molecule has 2 heterocycles. The summed E-state index contributed by atoms with van der Waals surface area (Å²) in [5.41, 5.74) is 1.93. The van der Waals surface area contributed by atoms with Crippen LogP contribution >= 0.6 is 11.6 Å². The van der Waals surface area contributed by atoms with Gasteiger partial charge in [0.25, 0.3) is 0 Å². The summed E-state index contributed by atoms with van der Waals surface area (Å²) in [4.78, 5) is 13.5. The van der Waals surface area contributed by atoms with E-state index in [9.17, 15) is 4.79 Å². The molecule has 1 saturated heterocycles. The van der Waals surface area contributed by atoms with E-state index in [1.54, 1.807) is 12.1 Å². The lowest BCUT2D eigenvalue weighted by Crippen LogP contribution is -2.41. The fourth-order valence-electron chi connectivity index (χ4n) is 3.00. The first-order chi connectivity index (χ1) is 13.0. The summed E-state index contributed by atoms with van der Waals surface area (Å²) in [5.74, 6) is 0.549. The van der Waals surface area contributed by atoms with E-state index in [0.717, 1.165) is 23.6 Å². The number of carbonyl (C=O) groups is 1. The molecular formula is C19H24ClN3O4. The summed E-state index contributed by atoms with van der Waals surface area (Å²) >= 11 is 5.88. The first-order valence-corrected chi connectivity index (χ1v) is 9.25. The van der Waals surface area contributed by atoms with Crippen molar-refractivity contribution in [2.45, 2.75) is 12.5 Å². The van der Waals surface area contributed by atoms with Gasteiger partial charge in [-0.25, -0.2) is 0 Å². The van der Waals surface area contributed by atoms with E-state index in [4.69, 9.17) is 25.8 Å². The highest BCUT2D eigenvalue weighted by molar-refractivity contribution is 6.30. The molecule has 0 spiro atoms. The van der Waals surface area contributed by atoms with Crippen molar-refractivity contribution in [1.29, 1.82) is 0 Å². The molecule has 0 saturated carbocycles. The maximum Gasteiger partial charge on any atom is 0.319 e. The topological polar surface area (TPSA) is 65.8 Å². The highest BCUT2D eigenvalue weighted by Crippen LogP contribution is 2.22. The highest BCUT2D eigenvalue weighted by Gasteiger charge is 2.26. The Labute approximate surface area is 163 Å². The number of rotatable bonds is 7. The summed E-state index contributed by atoms with van der Waals surface area (Å²) in [5, 5.41) is 5.27. The number of benzene rings is 1. The smallest absolute Gasteiger partial charge is 0.319 e. The molecule has 1 aromatic heterocycles. The number of carbonyl (C=O) groups excluding carboxylic acids is 1. The third kappa shape index (κ3) is 5.45. The van der Waals surface area contributed by atoms with Crippen LogP contribution in [0.3, 0.4) is 0 Å². The number of hydrogen-bond acceptors (Lipinski definition) is 6. The molecule has 0 amide bonds. The molecular weight excluding hydrogens is 370 g/mol. The molecule has 1 aliphatic rings. The summed E-state index contributed by atoms with van der Waals surface area (Å²) in [6.45, 7) is 2.70. The van der Waals surface area contributed by atoms with Gasteiger partial charge in [-0.15, -0.1) is 0 Å². The number of hydrogen-bond donors (Lipinski definition) is 0. The van der Waals surface area contributed by atoms with Gasteiger partial charge in [0.15, 0.2) is 0 Å². The number of ether oxygens (including phenoxy) is 3. The normalized spacial score (nSPS) is 17.7. The lowest BCUT2D eigenvalue weighted by atomic mass is 10.2. The van der Waals surface area contributed by atoms with Crippen LogP contribution in [0.1, 0.15) is 17.5 Å². The third-order valence-electron chi connectivity index (χ3n) is 4.50. The minimum Gasteiger partial charge on any atom is -0.493 e. The minimum absolute atomic E-state index is 0.152. The van der Waals surface area contributed by atoms with Crippen LogP contribution in [0.25, 0.3) is 0 Å². The van der Waals surface area contributed by atoms with Crippen molar-refractivity contribution in [3.05, 3.63) is 46.7 Å². The molecule has 8 heteroatoms. The van der Waals surface area contributed by atoms with Crippen LogP contribution in [-0.4, -0.2) is 60.6 Å². The van der Waals surface area contributed by atoms with Crippen molar-refractivity contribution in [2.24, 2.45) is 7.05 Å². The van der Waals surface area contributed by atoms with Crippen LogP contribution in [0.15, 0.2) is 30.3 Å². The summed E-state index contributed by atoms with van der Waals surface area (Å²) < 4.78 is 18.2. The predicted octanol–water partition coefficient (Wildman–Crippen LogP) is 2.24. The molecule has 1 unspecified atom stereocenters. The van der Waals surface area contributed by atoms with E-state index in [1.807, 2.05) is 34.8 Å². The van der Waals surface area contributed by atoms with Gasteiger partial charge in [-0.3, -0.25) is 14.4 Å². The zero-order valence-corrected chi connectivity index (χ0v) is 16.3. The number of morpholine rings is 1. The molecule has 0 aliphatic carbocycles. The van der Waals surface area contributed by atoms with Gasteiger partial charge < -0.3 is 14.2 Å². The molecule has 1 aromatic carbocycles. The molecule has 146 valence electrons. The molecule has 1 atom stereocenters. The second-order valence-corrected chi connectivity index (χ2v) is 6.84. The Balaban J connectivity index is 1.55. The Morgan fingerprint density at radius 3 is 2.89 bits per heavy atom. The van der Waals surface area contributed by atoms with E-state index in [0.29, 0.717) is 31.3 Å². The van der Waals surface area contributed by atoms with Crippen LogP contribution in [0.4, 0.5) is 0 Å². The third-order valence-corrected chi connectivity index (χ3v) is 4.75. The van der Waals surface area contributed by atoms with E-state index >= 15 is 0 Å². The van der Waals surface area contributed by atoms with Gasteiger partial charge in [-0.2, -0.15) is 5.10 Å². The van der Waals surface area contributed by atoms with Crippen molar-refractivity contribution in [1.82, 2.24) is 14.7 Å². The zero-order valence-electron chi connectivity index (χ0n) is 15.6. The quantitative estimate of drug-likeness (QED) is 0.672. The number of halogens is 1. The van der Waals surface area contributed by atoms with Crippen LogP contribution in [0.5, 0.6) is 5.75 Å². The summed E-state index contributed by atoms with van der Waals surface area (Å²) in [7, 11) is 3.31. The van der Waals surface area contributed by atoms with E-state index in [2.05, 4.69) is 5.10 Å². The maximum atomic E-state index is 11.5. The Morgan fingerprint density at radius 2 is 2.15 bits per heavy atom. The van der Waals surface area contributed by atoms with Crippen LogP contribution in [-0.2, 0) is 27.7 Å². The Hall–Kier alpha value is -2.09. The lowest BCUT2D eigenvalue weighted by molar-refractivity contribution is -0.144. The van der Waals surface area contributed by atoms with Crippen molar-refractivity contribution >= 4 is 17.6 Å². The van der Waals surface area contributed by atoms with E-state index in [1.165, 1.54) is 7.11 Å². The average Bonchev–Trinajstić information content (AvgIpc) is 3.04. The van der Waals surface area contributed by atoms with Crippen molar-refractivity contribution in [3.8, 4) is 5.75 Å². The molecule has 0 radical (unpaired) electrons. The van der Waals surface area contributed by atoms with E-state index < -0.39 is 0 Å². The first kappa shape index (κ1) is 19.7. The van der Waals surface area contributed by atoms with Gasteiger partial charge in [0, 0.05) is 37.3 Å². The van der Waals surface area contributed by atoms with Gasteiger partial charge in [-0.1, -0.05) is 11.6 Å². The van der Waals surface area contributed by atoms with Crippen molar-refractivity contribution in [3.63, 3.8) is 0 Å². The summed E-state index contributed by atoms with van der Waals surface area (Å²) in [6, 6.07) is 9.35. The molecule has 2 aromatic rings. The maximum absolute atomic E-state index is 11.5. The Kier molecular flexibility index (Phi) is 6.71. The number of aromatic nitrogens is 2. The van der Waals surface area contributed by atoms with Crippen LogP contribution < -0.4 is 4.74 Å². The summed E-state index contributed by atoms with van der Waals surface area (Å²) in [6.07, 6.45) is 0.575. The highest BCUT2D eigenvalue weighted by atomic mass is 35.5. The largest absolute Gasteiger partial charge is 0.493 e. The Morgan fingerprint density at radius 1 is 1.37 bits per heavy atom. The number of nitrogens with zero attached hydrogens (tertiary/aromatic N) is 3. The molecule has 0 bridgehead atoms. The molecule has 0 N–H and O–H groups in total. The van der Waals surface area contributed by atoms with Crippen molar-refractivity contribution in [2.75, 3.05) is 40.0 Å². The van der Waals surface area contributed by atoms with Crippen LogP contribution in [0.2, 0.25) is 5.02 Å². The van der Waals surface area contributed by atoms with Gasteiger partial charge in [0.2, 0.25) is 0 Å². The predicted molar refractivity (Wildman–Crippen MR) is 101 cm³/mol. The van der Waals surface area contributed by atoms with Gasteiger partial charge >= 0.3 is 5.97 Å². The second kappa shape index (κ2) is 9.21. The molecule has 1 aliphatic heterocycles. The first-order valence-electron chi connectivity index (χ1n) is 8.87. The molecule has 3 rings (SSSR count). The monoisotopic (exact) mass is 393 g/mol. The number of aryl methyl sites for hydroxylation is 1. The van der Waals surface area contributed by atoms with Gasteiger partial charge in [0.1, 0.15) is 11.9 Å². The van der Waals surface area contributed by atoms with Crippen molar-refractivity contribution < 1.29 is 19.0 Å².